The number of ether oxygens (including phenoxy) is 1. The van der Waals surface area contributed by atoms with E-state index in [9.17, 15) is 4.79 Å². The van der Waals surface area contributed by atoms with Crippen molar-refractivity contribution in [2.45, 2.75) is 110 Å². The van der Waals surface area contributed by atoms with Gasteiger partial charge in [0.05, 0.1) is 6.61 Å². The maximum Gasteiger partial charge on any atom is 0.330 e. The fraction of sp³-hybridized carbons (Fsp3) is 0.864. The third kappa shape index (κ3) is 21.1. The SMILES string of the molecule is CCCCCCCCCCCCCCCCCCOC(=O)C=CCN. The average Bonchev–Trinajstić information content (AvgIpc) is 2.62. The second-order valence-corrected chi connectivity index (χ2v) is 7.11. The van der Waals surface area contributed by atoms with Crippen LogP contribution in [0.2, 0.25) is 0 Å². The van der Waals surface area contributed by atoms with Crippen molar-refractivity contribution in [3.8, 4) is 0 Å². The van der Waals surface area contributed by atoms with Gasteiger partial charge in [0.25, 0.3) is 0 Å². The molecule has 3 heteroatoms. The highest BCUT2D eigenvalue weighted by molar-refractivity contribution is 5.81. The summed E-state index contributed by atoms with van der Waals surface area (Å²) in [5.41, 5.74) is 5.28. The fourth-order valence-corrected chi connectivity index (χ4v) is 3.04. The van der Waals surface area contributed by atoms with Crippen LogP contribution in [-0.2, 0) is 9.53 Å². The lowest BCUT2D eigenvalue weighted by Gasteiger charge is -2.04. The summed E-state index contributed by atoms with van der Waals surface area (Å²) in [4.78, 5) is 11.2. The Bertz CT molecular complexity index is 302. The van der Waals surface area contributed by atoms with Gasteiger partial charge >= 0.3 is 5.97 Å². The van der Waals surface area contributed by atoms with Crippen molar-refractivity contribution in [2.75, 3.05) is 13.2 Å². The molecule has 0 amide bonds. The smallest absolute Gasteiger partial charge is 0.330 e. The van der Waals surface area contributed by atoms with Gasteiger partial charge < -0.3 is 10.5 Å². The van der Waals surface area contributed by atoms with Crippen molar-refractivity contribution in [2.24, 2.45) is 5.73 Å². The van der Waals surface area contributed by atoms with Gasteiger partial charge in [0.1, 0.15) is 0 Å². The number of esters is 1. The quantitative estimate of drug-likeness (QED) is 0.168. The van der Waals surface area contributed by atoms with Crippen molar-refractivity contribution in [1.29, 1.82) is 0 Å². The summed E-state index contributed by atoms with van der Waals surface area (Å²) < 4.78 is 5.08. The average molecular weight is 354 g/mol. The molecule has 0 aliphatic rings. The topological polar surface area (TPSA) is 52.3 Å². The van der Waals surface area contributed by atoms with E-state index in [1.165, 1.54) is 96.0 Å². The van der Waals surface area contributed by atoms with E-state index in [4.69, 9.17) is 10.5 Å². The number of carbonyl (C=O) groups excluding carboxylic acids is 1. The van der Waals surface area contributed by atoms with Crippen LogP contribution in [0, 0.1) is 0 Å². The lowest BCUT2D eigenvalue weighted by molar-refractivity contribution is -0.137. The van der Waals surface area contributed by atoms with Crippen LogP contribution in [0.3, 0.4) is 0 Å². The number of hydrogen-bond acceptors (Lipinski definition) is 3. The molecule has 0 bridgehead atoms. The molecular weight excluding hydrogens is 310 g/mol. The molecule has 0 radical (unpaired) electrons. The first-order chi connectivity index (χ1) is 12.3. The van der Waals surface area contributed by atoms with E-state index < -0.39 is 0 Å². The summed E-state index contributed by atoms with van der Waals surface area (Å²) in [6.45, 7) is 3.20. The van der Waals surface area contributed by atoms with E-state index >= 15 is 0 Å². The van der Waals surface area contributed by atoms with Crippen LogP contribution in [0.4, 0.5) is 0 Å². The molecule has 3 nitrogen and oxygen atoms in total. The zero-order valence-corrected chi connectivity index (χ0v) is 16.8. The first-order valence-electron chi connectivity index (χ1n) is 10.8. The second-order valence-electron chi connectivity index (χ2n) is 7.11. The molecule has 0 aliphatic carbocycles. The first-order valence-corrected chi connectivity index (χ1v) is 10.8. The van der Waals surface area contributed by atoms with Crippen LogP contribution in [0.5, 0.6) is 0 Å². The van der Waals surface area contributed by atoms with Gasteiger partial charge in [-0.3, -0.25) is 0 Å². The molecular formula is C22H43NO2. The molecule has 0 fully saturated rings. The molecule has 0 saturated heterocycles. The molecule has 25 heavy (non-hydrogen) atoms. The minimum absolute atomic E-state index is 0.272. The van der Waals surface area contributed by atoms with Gasteiger partial charge in [-0.15, -0.1) is 0 Å². The molecule has 2 N–H and O–H groups in total. The largest absolute Gasteiger partial charge is 0.463 e. The van der Waals surface area contributed by atoms with Crippen LogP contribution in [-0.4, -0.2) is 19.1 Å². The van der Waals surface area contributed by atoms with Crippen LogP contribution >= 0.6 is 0 Å². The molecule has 0 spiro atoms. The highest BCUT2D eigenvalue weighted by atomic mass is 16.5. The summed E-state index contributed by atoms with van der Waals surface area (Å²) in [6.07, 6.45) is 24.7. The molecule has 0 aromatic rings. The Morgan fingerprint density at radius 3 is 1.52 bits per heavy atom. The summed E-state index contributed by atoms with van der Waals surface area (Å²) in [6, 6.07) is 0. The van der Waals surface area contributed by atoms with Gasteiger partial charge in [0, 0.05) is 12.6 Å². The Balaban J connectivity index is 3.07. The van der Waals surface area contributed by atoms with E-state index in [2.05, 4.69) is 6.92 Å². The molecule has 0 rings (SSSR count). The summed E-state index contributed by atoms with van der Waals surface area (Å²) >= 11 is 0. The van der Waals surface area contributed by atoms with Gasteiger partial charge in [0.2, 0.25) is 0 Å². The van der Waals surface area contributed by atoms with Crippen molar-refractivity contribution < 1.29 is 9.53 Å². The maximum atomic E-state index is 11.2. The van der Waals surface area contributed by atoms with Crippen LogP contribution in [0.1, 0.15) is 110 Å². The summed E-state index contributed by atoms with van der Waals surface area (Å²) in [7, 11) is 0. The van der Waals surface area contributed by atoms with Gasteiger partial charge in [-0.25, -0.2) is 4.79 Å². The van der Waals surface area contributed by atoms with E-state index in [1.807, 2.05) is 0 Å². The monoisotopic (exact) mass is 353 g/mol. The molecule has 0 aliphatic heterocycles. The minimum Gasteiger partial charge on any atom is -0.463 e. The maximum absolute atomic E-state index is 11.2. The molecule has 0 heterocycles. The van der Waals surface area contributed by atoms with Crippen LogP contribution in [0.25, 0.3) is 0 Å². The number of rotatable bonds is 19. The molecule has 0 saturated carbocycles. The number of hydrogen-bond donors (Lipinski definition) is 1. The second kappa shape index (κ2) is 21.2. The zero-order valence-electron chi connectivity index (χ0n) is 16.8. The fourth-order valence-electron chi connectivity index (χ4n) is 3.04. The van der Waals surface area contributed by atoms with Crippen LogP contribution < -0.4 is 5.73 Å². The summed E-state index contributed by atoms with van der Waals surface area (Å²) in [5.74, 6) is -0.272. The molecule has 148 valence electrons. The predicted molar refractivity (Wildman–Crippen MR) is 109 cm³/mol. The zero-order chi connectivity index (χ0) is 18.4. The summed E-state index contributed by atoms with van der Waals surface area (Å²) in [5, 5.41) is 0. The lowest BCUT2D eigenvalue weighted by Crippen LogP contribution is -2.03. The van der Waals surface area contributed by atoms with Crippen molar-refractivity contribution in [3.05, 3.63) is 12.2 Å². The number of nitrogens with two attached hydrogens (primary N) is 1. The minimum atomic E-state index is -0.272. The number of carbonyl (C=O) groups is 1. The Morgan fingerprint density at radius 2 is 1.12 bits per heavy atom. The normalized spacial score (nSPS) is 11.3. The van der Waals surface area contributed by atoms with E-state index in [0.717, 1.165) is 12.8 Å². The Kier molecular flexibility index (Phi) is 20.5. The Labute approximate surface area is 156 Å². The Morgan fingerprint density at radius 1 is 0.720 bits per heavy atom. The molecule has 0 aromatic heterocycles. The van der Waals surface area contributed by atoms with E-state index in [0.29, 0.717) is 13.2 Å². The Hall–Kier alpha value is -0.830. The van der Waals surface area contributed by atoms with Gasteiger partial charge in [0.15, 0.2) is 0 Å². The van der Waals surface area contributed by atoms with Crippen molar-refractivity contribution in [1.82, 2.24) is 0 Å². The van der Waals surface area contributed by atoms with Crippen LogP contribution in [0.15, 0.2) is 12.2 Å². The van der Waals surface area contributed by atoms with E-state index in [-0.39, 0.29) is 5.97 Å². The predicted octanol–water partition coefficient (Wildman–Crippen LogP) is 6.31. The molecule has 0 aromatic carbocycles. The van der Waals surface area contributed by atoms with Gasteiger partial charge in [-0.05, 0) is 6.42 Å². The highest BCUT2D eigenvalue weighted by Crippen LogP contribution is 2.13. The lowest BCUT2D eigenvalue weighted by atomic mass is 10.0. The number of unbranched alkanes of at least 4 members (excludes halogenated alkanes) is 15. The van der Waals surface area contributed by atoms with E-state index in [1.54, 1.807) is 6.08 Å². The molecule has 0 atom stereocenters. The first kappa shape index (κ1) is 24.2. The van der Waals surface area contributed by atoms with Gasteiger partial charge in [-0.1, -0.05) is 109 Å². The standard InChI is InChI=1S/C22H43NO2/c1-2-3-4-5-6-7-8-9-10-11-12-13-14-15-16-17-21-25-22(24)19-18-20-23/h18-19H,2-17,20-21,23H2,1H3. The van der Waals surface area contributed by atoms with Crippen molar-refractivity contribution >= 4 is 5.97 Å². The third-order valence-electron chi connectivity index (χ3n) is 4.63. The van der Waals surface area contributed by atoms with Gasteiger partial charge in [-0.2, -0.15) is 0 Å². The molecule has 0 unspecified atom stereocenters. The van der Waals surface area contributed by atoms with Crippen molar-refractivity contribution in [3.63, 3.8) is 0 Å². The third-order valence-corrected chi connectivity index (χ3v) is 4.63. The highest BCUT2D eigenvalue weighted by Gasteiger charge is 1.97.